The maximum absolute atomic E-state index is 13.2. The van der Waals surface area contributed by atoms with Crippen LogP contribution in [-0.2, 0) is 11.0 Å². The number of rotatable bonds is 4. The largest absolute Gasteiger partial charge is 0.416 e. The van der Waals surface area contributed by atoms with Gasteiger partial charge in [-0.05, 0) is 48.3 Å². The zero-order valence-corrected chi connectivity index (χ0v) is 22.2. The summed E-state index contributed by atoms with van der Waals surface area (Å²) < 4.78 is 41.8. The minimum atomic E-state index is -4.38. The summed E-state index contributed by atoms with van der Waals surface area (Å²) in [7, 11) is 0. The van der Waals surface area contributed by atoms with Crippen LogP contribution in [0, 0.1) is 5.41 Å². The minimum Gasteiger partial charge on any atom is -0.382 e. The van der Waals surface area contributed by atoms with Crippen LogP contribution < -0.4 is 5.73 Å². The van der Waals surface area contributed by atoms with Crippen molar-refractivity contribution in [3.63, 3.8) is 0 Å². The summed E-state index contributed by atoms with van der Waals surface area (Å²) in [5.41, 5.74) is 9.74. The summed E-state index contributed by atoms with van der Waals surface area (Å²) in [4.78, 5) is 24.4. The van der Waals surface area contributed by atoms with E-state index in [2.05, 4.69) is 9.88 Å². The molecule has 4 heterocycles. The number of halogens is 3. The molecule has 206 valence electrons. The highest BCUT2D eigenvalue weighted by atomic mass is 19.4. The number of hydrogen-bond donors (Lipinski definition) is 1. The highest BCUT2D eigenvalue weighted by molar-refractivity contribution is 5.85. The number of nitrogens with zero attached hydrogens (tertiary/aromatic N) is 4. The fourth-order valence-electron chi connectivity index (χ4n) is 6.97. The van der Waals surface area contributed by atoms with Crippen LogP contribution in [0.5, 0.6) is 0 Å². The van der Waals surface area contributed by atoms with Crippen molar-refractivity contribution in [3.8, 4) is 11.3 Å². The lowest BCUT2D eigenvalue weighted by molar-refractivity contribution is -0.137. The van der Waals surface area contributed by atoms with Crippen molar-refractivity contribution < 1.29 is 18.0 Å². The molecule has 40 heavy (non-hydrogen) atoms. The molecule has 1 spiro atoms. The topological polar surface area (TPSA) is 76.5 Å². The van der Waals surface area contributed by atoms with Gasteiger partial charge in [-0.2, -0.15) is 13.2 Å². The summed E-state index contributed by atoms with van der Waals surface area (Å²) in [5, 5.41) is 0. The van der Waals surface area contributed by atoms with E-state index in [9.17, 15) is 18.0 Å². The van der Waals surface area contributed by atoms with Gasteiger partial charge in [-0.15, -0.1) is 0 Å². The Morgan fingerprint density at radius 2 is 1.85 bits per heavy atom. The number of benzene rings is 2. The van der Waals surface area contributed by atoms with Gasteiger partial charge < -0.3 is 10.6 Å². The first-order valence-corrected chi connectivity index (χ1v) is 13.8. The van der Waals surface area contributed by atoms with Gasteiger partial charge in [-0.25, -0.2) is 9.97 Å². The summed E-state index contributed by atoms with van der Waals surface area (Å²) in [5.74, 6) is 1.39. The quantitative estimate of drug-likeness (QED) is 0.322. The molecule has 2 aromatic carbocycles. The molecule has 3 fully saturated rings. The Kier molecular flexibility index (Phi) is 5.53. The van der Waals surface area contributed by atoms with Crippen LogP contribution in [0.2, 0.25) is 0 Å². The van der Waals surface area contributed by atoms with E-state index in [4.69, 9.17) is 10.7 Å². The molecule has 2 N–H and O–H groups in total. The third-order valence-corrected chi connectivity index (χ3v) is 9.38. The molecular weight excluding hydrogens is 515 g/mol. The predicted molar refractivity (Wildman–Crippen MR) is 146 cm³/mol. The molecule has 2 saturated heterocycles. The average Bonchev–Trinajstić information content (AvgIpc) is 3.53. The zero-order valence-electron chi connectivity index (χ0n) is 22.2. The van der Waals surface area contributed by atoms with Crippen molar-refractivity contribution >= 4 is 17.2 Å². The molecule has 1 aliphatic carbocycles. The van der Waals surface area contributed by atoms with Crippen LogP contribution in [0.15, 0.2) is 60.9 Å². The minimum absolute atomic E-state index is 0.0948. The smallest absolute Gasteiger partial charge is 0.382 e. The molecule has 2 aromatic heterocycles. The number of nitrogens with two attached hydrogens (primary N) is 1. The van der Waals surface area contributed by atoms with E-state index >= 15 is 0 Å². The molecule has 9 heteroatoms. The Bertz CT molecular complexity index is 1620. The number of nitrogen functional groups attached to an aromatic ring is 1. The van der Waals surface area contributed by atoms with Crippen molar-refractivity contribution in [1.82, 2.24) is 19.3 Å². The Labute approximate surface area is 230 Å². The monoisotopic (exact) mass is 545 g/mol. The van der Waals surface area contributed by atoms with E-state index in [-0.39, 0.29) is 23.2 Å². The van der Waals surface area contributed by atoms with E-state index < -0.39 is 11.7 Å². The Balaban J connectivity index is 1.20. The Hall–Kier alpha value is -3.88. The van der Waals surface area contributed by atoms with Crippen LogP contribution in [0.3, 0.4) is 0 Å². The molecule has 0 bridgehead atoms. The van der Waals surface area contributed by atoms with Crippen molar-refractivity contribution in [2.45, 2.75) is 63.1 Å². The lowest BCUT2D eigenvalue weighted by atomic mass is 9.86. The lowest BCUT2D eigenvalue weighted by Gasteiger charge is -2.37. The second-order valence-corrected chi connectivity index (χ2v) is 11.7. The summed E-state index contributed by atoms with van der Waals surface area (Å²) in [6.45, 7) is 2.57. The Morgan fingerprint density at radius 1 is 1.07 bits per heavy atom. The van der Waals surface area contributed by atoms with E-state index in [1.54, 1.807) is 12.3 Å². The molecular formula is C31H30F3N5O. The number of alkyl halides is 3. The number of carbonyl (C=O) groups excluding carboxylic acids is 1. The van der Waals surface area contributed by atoms with E-state index in [0.717, 1.165) is 54.2 Å². The van der Waals surface area contributed by atoms with Gasteiger partial charge in [0.05, 0.1) is 5.56 Å². The van der Waals surface area contributed by atoms with Crippen molar-refractivity contribution in [3.05, 3.63) is 83.4 Å². The van der Waals surface area contributed by atoms with E-state index in [1.807, 2.05) is 41.8 Å². The van der Waals surface area contributed by atoms with Gasteiger partial charge in [0.15, 0.2) is 0 Å². The SMILES string of the molecule is C[C@@H](c1ccc(-c2nc([C@@H]3CC[C@@H]4N(C3)C(=O)CC43CC3)n3ccnc(N)c23)cc1)c1cccc(C(F)(F)F)c1. The van der Waals surface area contributed by atoms with E-state index in [0.29, 0.717) is 36.1 Å². The van der Waals surface area contributed by atoms with Gasteiger partial charge in [0.2, 0.25) is 5.91 Å². The van der Waals surface area contributed by atoms with Crippen molar-refractivity contribution in [2.24, 2.45) is 5.41 Å². The third kappa shape index (κ3) is 3.97. The number of anilines is 1. The second-order valence-electron chi connectivity index (χ2n) is 11.7. The molecule has 7 rings (SSSR count). The number of aromatic nitrogens is 3. The molecule has 2 aliphatic heterocycles. The fraction of sp³-hybridized carbons (Fsp3) is 0.387. The first-order chi connectivity index (χ1) is 19.1. The molecule has 4 aromatic rings. The molecule has 3 atom stereocenters. The summed E-state index contributed by atoms with van der Waals surface area (Å²) in [6, 6.07) is 13.6. The summed E-state index contributed by atoms with van der Waals surface area (Å²) in [6.07, 6.45) is 4.12. The van der Waals surface area contributed by atoms with Crippen LogP contribution in [0.4, 0.5) is 19.0 Å². The number of hydrogen-bond acceptors (Lipinski definition) is 4. The fourth-order valence-corrected chi connectivity index (χ4v) is 6.97. The molecule has 0 unspecified atom stereocenters. The number of fused-ring (bicyclic) bond motifs is 3. The normalized spacial score (nSPS) is 22.6. The molecule has 1 amide bonds. The van der Waals surface area contributed by atoms with Gasteiger partial charge in [0.1, 0.15) is 22.9 Å². The number of piperidine rings is 1. The van der Waals surface area contributed by atoms with Crippen LogP contribution in [0.25, 0.3) is 16.8 Å². The van der Waals surface area contributed by atoms with Gasteiger partial charge >= 0.3 is 6.18 Å². The first-order valence-electron chi connectivity index (χ1n) is 13.8. The maximum Gasteiger partial charge on any atom is 0.416 e. The molecule has 0 radical (unpaired) electrons. The van der Waals surface area contributed by atoms with E-state index in [1.165, 1.54) is 12.1 Å². The van der Waals surface area contributed by atoms with Gasteiger partial charge in [-0.3, -0.25) is 9.20 Å². The standard InChI is InChI=1S/C31H30F3N5O/c1-18(21-3-2-4-23(15-21)31(32,33)34)19-5-7-20(8-6-19)26-27-28(35)36-13-14-38(27)29(37-26)22-9-10-24-30(11-12-30)16-25(40)39(24)17-22/h2-8,13-15,18,22,24H,9-12,16-17H2,1H3,(H2,35,36)/t18-,22+,24-/m0/s1. The van der Waals surface area contributed by atoms with Crippen LogP contribution >= 0.6 is 0 Å². The van der Waals surface area contributed by atoms with Gasteiger partial charge in [-0.1, -0.05) is 49.4 Å². The van der Waals surface area contributed by atoms with Gasteiger partial charge in [0.25, 0.3) is 0 Å². The number of imidazole rings is 1. The highest BCUT2D eigenvalue weighted by Crippen LogP contribution is 2.60. The summed E-state index contributed by atoms with van der Waals surface area (Å²) >= 11 is 0. The average molecular weight is 546 g/mol. The maximum atomic E-state index is 13.2. The lowest BCUT2D eigenvalue weighted by Crippen LogP contribution is -2.43. The Morgan fingerprint density at radius 3 is 2.58 bits per heavy atom. The third-order valence-electron chi connectivity index (χ3n) is 9.38. The zero-order chi connectivity index (χ0) is 27.8. The van der Waals surface area contributed by atoms with Crippen LogP contribution in [0.1, 0.15) is 73.4 Å². The van der Waals surface area contributed by atoms with Crippen LogP contribution in [-0.4, -0.2) is 37.8 Å². The predicted octanol–water partition coefficient (Wildman–Crippen LogP) is 6.41. The molecule has 3 aliphatic rings. The first kappa shape index (κ1) is 25.1. The second kappa shape index (κ2) is 8.81. The van der Waals surface area contributed by atoms with Crippen molar-refractivity contribution in [2.75, 3.05) is 12.3 Å². The highest BCUT2D eigenvalue weighted by Gasteiger charge is 2.60. The van der Waals surface area contributed by atoms with Crippen molar-refractivity contribution in [1.29, 1.82) is 0 Å². The molecule has 1 saturated carbocycles. The molecule has 6 nitrogen and oxygen atoms in total. The number of amides is 1. The van der Waals surface area contributed by atoms with Gasteiger partial charge in [0, 0.05) is 48.8 Å². The number of carbonyl (C=O) groups is 1.